The third-order valence-corrected chi connectivity index (χ3v) is 5.69. The predicted molar refractivity (Wildman–Crippen MR) is 125 cm³/mol. The highest BCUT2D eigenvalue weighted by atomic mass is 16.5. The lowest BCUT2D eigenvalue weighted by Crippen LogP contribution is -2.25. The Labute approximate surface area is 183 Å². The number of anilines is 3. The van der Waals surface area contributed by atoms with Crippen molar-refractivity contribution in [2.75, 3.05) is 37.3 Å². The first-order valence-electron chi connectivity index (χ1n) is 10.6. The smallest absolute Gasteiger partial charge is 0.256 e. The van der Waals surface area contributed by atoms with Crippen LogP contribution in [-0.4, -0.2) is 51.2 Å². The number of aromatic nitrogens is 3. The van der Waals surface area contributed by atoms with Gasteiger partial charge in [-0.25, -0.2) is 9.97 Å². The highest BCUT2D eigenvalue weighted by molar-refractivity contribution is 6.04. The summed E-state index contributed by atoms with van der Waals surface area (Å²) < 4.78 is 5.84. The second-order valence-electron chi connectivity index (χ2n) is 7.91. The SMILES string of the molecule is Nc1cc2c(=O)[nH]c3cnc(Nc4ccc(OCCN5CCCC5)cc4)nc3c2cc1O. The number of phenols is 1. The van der Waals surface area contributed by atoms with Crippen LogP contribution >= 0.6 is 0 Å². The standard InChI is InChI=1S/C23H24N6O3/c24-18-11-17-16(12-20(18)30)21-19(27-22(17)31)13-25-23(28-21)26-14-3-5-15(6-4-14)32-10-9-29-7-1-2-8-29/h3-6,11-13,30H,1-2,7-10,24H2,(H,27,31)(H,25,26,28). The first-order valence-corrected chi connectivity index (χ1v) is 10.6. The number of hydrogen-bond donors (Lipinski definition) is 4. The van der Waals surface area contributed by atoms with Crippen molar-refractivity contribution in [2.24, 2.45) is 0 Å². The van der Waals surface area contributed by atoms with E-state index in [-0.39, 0.29) is 17.0 Å². The van der Waals surface area contributed by atoms with Crippen LogP contribution in [0, 0.1) is 0 Å². The topological polar surface area (TPSA) is 129 Å². The number of likely N-dealkylation sites (tertiary alicyclic amines) is 1. The van der Waals surface area contributed by atoms with E-state index in [2.05, 4.69) is 25.2 Å². The molecule has 1 fully saturated rings. The van der Waals surface area contributed by atoms with Gasteiger partial charge >= 0.3 is 0 Å². The van der Waals surface area contributed by atoms with E-state index >= 15 is 0 Å². The summed E-state index contributed by atoms with van der Waals surface area (Å²) >= 11 is 0. The third-order valence-electron chi connectivity index (χ3n) is 5.69. The van der Waals surface area contributed by atoms with Crippen LogP contribution in [0.15, 0.2) is 47.4 Å². The minimum atomic E-state index is -0.316. The minimum Gasteiger partial charge on any atom is -0.506 e. The fourth-order valence-corrected chi connectivity index (χ4v) is 3.98. The number of nitrogen functional groups attached to an aromatic ring is 1. The molecule has 0 atom stereocenters. The average Bonchev–Trinajstić information content (AvgIpc) is 3.30. The van der Waals surface area contributed by atoms with Crippen LogP contribution in [0.4, 0.5) is 17.3 Å². The highest BCUT2D eigenvalue weighted by Crippen LogP contribution is 2.29. The van der Waals surface area contributed by atoms with Crippen molar-refractivity contribution in [1.29, 1.82) is 0 Å². The number of nitrogens with zero attached hydrogens (tertiary/aromatic N) is 3. The van der Waals surface area contributed by atoms with Gasteiger partial charge in [-0.2, -0.15) is 0 Å². The molecule has 9 heteroatoms. The molecule has 0 amide bonds. The number of nitrogens with one attached hydrogen (secondary N) is 2. The van der Waals surface area contributed by atoms with Gasteiger partial charge < -0.3 is 25.9 Å². The molecule has 2 aromatic heterocycles. The summed E-state index contributed by atoms with van der Waals surface area (Å²) in [5.41, 5.74) is 7.35. The molecule has 4 aromatic rings. The lowest BCUT2D eigenvalue weighted by molar-refractivity contribution is 0.238. The number of nitrogens with two attached hydrogens (primary N) is 1. The molecule has 0 saturated carbocycles. The van der Waals surface area contributed by atoms with Crippen LogP contribution in [0.25, 0.3) is 21.8 Å². The van der Waals surface area contributed by atoms with Crippen LogP contribution < -0.4 is 21.3 Å². The molecule has 9 nitrogen and oxygen atoms in total. The Bertz CT molecular complexity index is 1330. The maximum Gasteiger partial charge on any atom is 0.256 e. The minimum absolute atomic E-state index is 0.0992. The Morgan fingerprint density at radius 3 is 2.72 bits per heavy atom. The Hall–Kier alpha value is -3.85. The van der Waals surface area contributed by atoms with Crippen LogP contribution in [0.3, 0.4) is 0 Å². The van der Waals surface area contributed by atoms with Gasteiger partial charge in [0.05, 0.1) is 22.8 Å². The molecular weight excluding hydrogens is 408 g/mol. The summed E-state index contributed by atoms with van der Waals surface area (Å²) in [5, 5.41) is 14.0. The molecule has 0 unspecified atom stereocenters. The van der Waals surface area contributed by atoms with Gasteiger partial charge in [-0.05, 0) is 62.3 Å². The molecule has 1 aliphatic rings. The zero-order valence-electron chi connectivity index (χ0n) is 17.5. The fraction of sp³-hybridized carbons (Fsp3) is 0.261. The first kappa shape index (κ1) is 20.1. The first-order chi connectivity index (χ1) is 15.6. The Balaban J connectivity index is 1.34. The van der Waals surface area contributed by atoms with Crippen molar-refractivity contribution in [3.8, 4) is 11.5 Å². The van der Waals surface area contributed by atoms with Crippen molar-refractivity contribution in [3.63, 3.8) is 0 Å². The van der Waals surface area contributed by atoms with Gasteiger partial charge in [-0.1, -0.05) is 0 Å². The van der Waals surface area contributed by atoms with Crippen molar-refractivity contribution in [2.45, 2.75) is 12.8 Å². The van der Waals surface area contributed by atoms with Gasteiger partial charge in [0.2, 0.25) is 5.95 Å². The number of pyridine rings is 1. The Morgan fingerprint density at radius 1 is 1.16 bits per heavy atom. The van der Waals surface area contributed by atoms with Gasteiger partial charge in [-0.3, -0.25) is 9.69 Å². The summed E-state index contributed by atoms with van der Waals surface area (Å²) in [6, 6.07) is 10.5. The van der Waals surface area contributed by atoms with E-state index in [1.807, 2.05) is 24.3 Å². The third kappa shape index (κ3) is 4.02. The van der Waals surface area contributed by atoms with Crippen LogP contribution in [0.1, 0.15) is 12.8 Å². The van der Waals surface area contributed by atoms with E-state index in [1.54, 1.807) is 0 Å². The largest absolute Gasteiger partial charge is 0.506 e. The zero-order chi connectivity index (χ0) is 22.1. The van der Waals surface area contributed by atoms with E-state index in [1.165, 1.54) is 31.2 Å². The Kier molecular flexibility index (Phi) is 5.24. The molecule has 32 heavy (non-hydrogen) atoms. The highest BCUT2D eigenvalue weighted by Gasteiger charge is 2.12. The molecule has 2 aromatic carbocycles. The van der Waals surface area contributed by atoms with E-state index in [0.29, 0.717) is 34.4 Å². The predicted octanol–water partition coefficient (Wildman–Crippen LogP) is 2.98. The van der Waals surface area contributed by atoms with E-state index in [9.17, 15) is 9.90 Å². The number of phenolic OH excluding ortho intramolecular Hbond substituents is 1. The van der Waals surface area contributed by atoms with Gasteiger partial charge in [0, 0.05) is 17.6 Å². The summed E-state index contributed by atoms with van der Waals surface area (Å²) in [4.78, 5) is 26.3. The summed E-state index contributed by atoms with van der Waals surface area (Å²) in [6.45, 7) is 3.94. The molecule has 3 heterocycles. The second kappa shape index (κ2) is 8.35. The molecule has 1 aliphatic heterocycles. The monoisotopic (exact) mass is 432 g/mol. The molecule has 0 aliphatic carbocycles. The molecule has 5 rings (SSSR count). The van der Waals surface area contributed by atoms with Gasteiger partial charge in [0.15, 0.2) is 0 Å². The number of aromatic hydroxyl groups is 1. The molecular formula is C23H24N6O3. The lowest BCUT2D eigenvalue weighted by atomic mass is 10.1. The number of benzene rings is 2. The number of rotatable bonds is 6. The van der Waals surface area contributed by atoms with Crippen LogP contribution in [0.5, 0.6) is 11.5 Å². The van der Waals surface area contributed by atoms with Crippen molar-refractivity contribution in [1.82, 2.24) is 19.9 Å². The molecule has 0 radical (unpaired) electrons. The van der Waals surface area contributed by atoms with Crippen LogP contribution in [0.2, 0.25) is 0 Å². The van der Waals surface area contributed by atoms with Gasteiger partial charge in [-0.15, -0.1) is 0 Å². The maximum atomic E-state index is 12.3. The number of ether oxygens (including phenoxy) is 1. The van der Waals surface area contributed by atoms with Crippen LogP contribution in [-0.2, 0) is 0 Å². The summed E-state index contributed by atoms with van der Waals surface area (Å²) in [5.74, 6) is 1.08. The van der Waals surface area contributed by atoms with E-state index in [4.69, 9.17) is 10.5 Å². The quantitative estimate of drug-likeness (QED) is 0.208. The number of aromatic amines is 1. The van der Waals surface area contributed by atoms with Crippen molar-refractivity contribution < 1.29 is 9.84 Å². The summed E-state index contributed by atoms with van der Waals surface area (Å²) in [6.07, 6.45) is 4.09. The molecule has 1 saturated heterocycles. The molecule has 0 bridgehead atoms. The van der Waals surface area contributed by atoms with Crippen molar-refractivity contribution >= 4 is 39.1 Å². The molecule has 5 N–H and O–H groups in total. The second-order valence-corrected chi connectivity index (χ2v) is 7.91. The van der Waals surface area contributed by atoms with Crippen molar-refractivity contribution in [3.05, 3.63) is 52.9 Å². The molecule has 164 valence electrons. The average molecular weight is 432 g/mol. The maximum absolute atomic E-state index is 12.3. The van der Waals surface area contributed by atoms with Gasteiger partial charge in [0.25, 0.3) is 5.56 Å². The van der Waals surface area contributed by atoms with E-state index < -0.39 is 0 Å². The normalized spacial score (nSPS) is 14.2. The summed E-state index contributed by atoms with van der Waals surface area (Å²) in [7, 11) is 0. The molecule has 0 spiro atoms. The lowest BCUT2D eigenvalue weighted by Gasteiger charge is -2.15. The zero-order valence-corrected chi connectivity index (χ0v) is 17.5. The number of H-pyrrole nitrogens is 1. The fourth-order valence-electron chi connectivity index (χ4n) is 3.98. The Morgan fingerprint density at radius 2 is 1.94 bits per heavy atom. The van der Waals surface area contributed by atoms with Gasteiger partial charge in [0.1, 0.15) is 23.6 Å². The van der Waals surface area contributed by atoms with E-state index in [0.717, 1.165) is 31.1 Å². The number of fused-ring (bicyclic) bond motifs is 3. The number of hydrogen-bond acceptors (Lipinski definition) is 8.